The van der Waals surface area contributed by atoms with E-state index >= 15 is 0 Å². The Balaban J connectivity index is 1.99. The van der Waals surface area contributed by atoms with Gasteiger partial charge in [0.15, 0.2) is 0 Å². The number of aromatic nitrogens is 1. The van der Waals surface area contributed by atoms with Crippen molar-refractivity contribution in [1.29, 1.82) is 0 Å². The third kappa shape index (κ3) is 2.27. The molecule has 20 heavy (non-hydrogen) atoms. The molecule has 0 aliphatic heterocycles. The standard InChI is InChI=1S/C15H19N3OS/c1-18(2)12-7-6-9(8-10(12)16)15-17-11-4-3-5-13(19)14(11)20-15/h6-8,13,19H,3-5,16H2,1-2H3. The van der Waals surface area contributed by atoms with Crippen molar-refractivity contribution in [2.45, 2.75) is 25.4 Å². The summed E-state index contributed by atoms with van der Waals surface area (Å²) in [4.78, 5) is 7.70. The second-order valence-electron chi connectivity index (χ2n) is 5.41. The molecule has 0 spiro atoms. The number of nitrogen functional groups attached to an aromatic ring is 1. The largest absolute Gasteiger partial charge is 0.397 e. The second-order valence-corrected chi connectivity index (χ2v) is 6.44. The number of fused-ring (bicyclic) bond motifs is 1. The minimum Gasteiger partial charge on any atom is -0.397 e. The van der Waals surface area contributed by atoms with E-state index in [9.17, 15) is 5.11 Å². The first kappa shape index (κ1) is 13.4. The van der Waals surface area contributed by atoms with E-state index in [4.69, 9.17) is 5.73 Å². The fraction of sp³-hybridized carbons (Fsp3) is 0.400. The van der Waals surface area contributed by atoms with E-state index in [1.54, 1.807) is 11.3 Å². The number of anilines is 2. The Morgan fingerprint density at radius 2 is 2.20 bits per heavy atom. The predicted molar refractivity (Wildman–Crippen MR) is 84.2 cm³/mol. The molecule has 1 unspecified atom stereocenters. The van der Waals surface area contributed by atoms with Gasteiger partial charge in [-0.3, -0.25) is 0 Å². The van der Waals surface area contributed by atoms with Gasteiger partial charge in [-0.05, 0) is 37.5 Å². The van der Waals surface area contributed by atoms with Crippen molar-refractivity contribution in [3.8, 4) is 10.6 Å². The fourth-order valence-corrected chi connectivity index (χ4v) is 3.74. The van der Waals surface area contributed by atoms with Gasteiger partial charge in [0.1, 0.15) is 5.01 Å². The topological polar surface area (TPSA) is 62.4 Å². The zero-order valence-electron chi connectivity index (χ0n) is 11.8. The molecular formula is C15H19N3OS. The zero-order valence-corrected chi connectivity index (χ0v) is 12.6. The minimum absolute atomic E-state index is 0.344. The van der Waals surface area contributed by atoms with Crippen LogP contribution in [0.1, 0.15) is 29.5 Å². The summed E-state index contributed by atoms with van der Waals surface area (Å²) < 4.78 is 0. The molecule has 0 radical (unpaired) electrons. The van der Waals surface area contributed by atoms with Crippen LogP contribution in [0.4, 0.5) is 11.4 Å². The lowest BCUT2D eigenvalue weighted by atomic mass is 10.0. The van der Waals surface area contributed by atoms with Crippen LogP contribution in [0.25, 0.3) is 10.6 Å². The summed E-state index contributed by atoms with van der Waals surface area (Å²) in [6.07, 6.45) is 2.48. The average molecular weight is 289 g/mol. The van der Waals surface area contributed by atoms with Crippen LogP contribution in [-0.4, -0.2) is 24.2 Å². The van der Waals surface area contributed by atoms with Crippen molar-refractivity contribution in [2.24, 2.45) is 0 Å². The molecule has 4 nitrogen and oxygen atoms in total. The van der Waals surface area contributed by atoms with Crippen molar-refractivity contribution >= 4 is 22.7 Å². The number of aliphatic hydroxyl groups excluding tert-OH is 1. The highest BCUT2D eigenvalue weighted by Gasteiger charge is 2.23. The monoisotopic (exact) mass is 289 g/mol. The number of nitrogens with zero attached hydrogens (tertiary/aromatic N) is 2. The van der Waals surface area contributed by atoms with Crippen LogP contribution < -0.4 is 10.6 Å². The van der Waals surface area contributed by atoms with Crippen LogP contribution >= 0.6 is 11.3 Å². The van der Waals surface area contributed by atoms with Crippen LogP contribution in [0.3, 0.4) is 0 Å². The van der Waals surface area contributed by atoms with E-state index in [2.05, 4.69) is 4.98 Å². The first-order valence-corrected chi connectivity index (χ1v) is 7.63. The van der Waals surface area contributed by atoms with E-state index in [-0.39, 0.29) is 6.10 Å². The number of aryl methyl sites for hydroxylation is 1. The SMILES string of the molecule is CN(C)c1ccc(-c2nc3c(s2)C(O)CCC3)cc1N. The molecule has 3 rings (SSSR count). The molecule has 5 heteroatoms. The molecule has 1 heterocycles. The molecule has 0 fully saturated rings. The zero-order chi connectivity index (χ0) is 14.3. The second kappa shape index (κ2) is 5.07. The van der Waals surface area contributed by atoms with Gasteiger partial charge in [0.25, 0.3) is 0 Å². The minimum atomic E-state index is -0.344. The molecule has 1 aromatic carbocycles. The van der Waals surface area contributed by atoms with Crippen molar-refractivity contribution in [3.05, 3.63) is 28.8 Å². The Labute approximate surface area is 122 Å². The van der Waals surface area contributed by atoms with E-state index in [0.29, 0.717) is 0 Å². The summed E-state index contributed by atoms with van der Waals surface area (Å²) in [5.41, 5.74) is 9.94. The fourth-order valence-electron chi connectivity index (χ4n) is 2.62. The lowest BCUT2D eigenvalue weighted by molar-refractivity contribution is 0.160. The maximum atomic E-state index is 10.0. The Bertz CT molecular complexity index is 636. The van der Waals surface area contributed by atoms with E-state index in [1.165, 1.54) is 0 Å². The van der Waals surface area contributed by atoms with E-state index in [0.717, 1.165) is 51.8 Å². The lowest BCUT2D eigenvalue weighted by Crippen LogP contribution is -2.10. The van der Waals surface area contributed by atoms with E-state index in [1.807, 2.05) is 37.2 Å². The van der Waals surface area contributed by atoms with Crippen LogP contribution in [-0.2, 0) is 6.42 Å². The quantitative estimate of drug-likeness (QED) is 0.835. The molecule has 1 aliphatic carbocycles. The van der Waals surface area contributed by atoms with Gasteiger partial charge in [-0.2, -0.15) is 0 Å². The summed E-state index contributed by atoms with van der Waals surface area (Å²) in [6, 6.07) is 6.02. The van der Waals surface area contributed by atoms with Gasteiger partial charge in [0.2, 0.25) is 0 Å². The van der Waals surface area contributed by atoms with Crippen LogP contribution in [0.5, 0.6) is 0 Å². The molecule has 1 atom stereocenters. The van der Waals surface area contributed by atoms with Gasteiger partial charge < -0.3 is 15.7 Å². The highest BCUT2D eigenvalue weighted by molar-refractivity contribution is 7.15. The lowest BCUT2D eigenvalue weighted by Gasteiger charge is -2.15. The maximum absolute atomic E-state index is 10.0. The Kier molecular flexibility index (Phi) is 3.40. The van der Waals surface area contributed by atoms with Crippen LogP contribution in [0, 0.1) is 0 Å². The van der Waals surface area contributed by atoms with Gasteiger partial charge in [-0.15, -0.1) is 11.3 Å². The van der Waals surface area contributed by atoms with Crippen LogP contribution in [0.15, 0.2) is 18.2 Å². The molecule has 0 amide bonds. The van der Waals surface area contributed by atoms with Gasteiger partial charge in [0, 0.05) is 19.7 Å². The number of aliphatic hydroxyl groups is 1. The Morgan fingerprint density at radius 1 is 1.40 bits per heavy atom. The summed E-state index contributed by atoms with van der Waals surface area (Å²) in [5.74, 6) is 0. The maximum Gasteiger partial charge on any atom is 0.124 e. The molecule has 106 valence electrons. The number of benzene rings is 1. The summed E-state index contributed by atoms with van der Waals surface area (Å²) in [5, 5.41) is 11.0. The Morgan fingerprint density at radius 3 is 2.85 bits per heavy atom. The average Bonchev–Trinajstić information content (AvgIpc) is 2.83. The number of hydrogen-bond acceptors (Lipinski definition) is 5. The van der Waals surface area contributed by atoms with Crippen molar-refractivity contribution in [3.63, 3.8) is 0 Å². The molecule has 0 bridgehead atoms. The van der Waals surface area contributed by atoms with Crippen LogP contribution in [0.2, 0.25) is 0 Å². The number of thiazole rings is 1. The first-order chi connectivity index (χ1) is 9.56. The summed E-state index contributed by atoms with van der Waals surface area (Å²) >= 11 is 1.59. The molecule has 0 saturated carbocycles. The highest BCUT2D eigenvalue weighted by atomic mass is 32.1. The number of nitrogens with two attached hydrogens (primary N) is 1. The smallest absolute Gasteiger partial charge is 0.124 e. The van der Waals surface area contributed by atoms with Crippen molar-refractivity contribution < 1.29 is 5.11 Å². The normalized spacial score (nSPS) is 17.9. The predicted octanol–water partition coefficient (Wildman–Crippen LogP) is 2.83. The van der Waals surface area contributed by atoms with Crippen molar-refractivity contribution in [1.82, 2.24) is 4.98 Å². The van der Waals surface area contributed by atoms with Gasteiger partial charge >= 0.3 is 0 Å². The van der Waals surface area contributed by atoms with Gasteiger partial charge in [-0.1, -0.05) is 0 Å². The van der Waals surface area contributed by atoms with Gasteiger partial charge in [-0.25, -0.2) is 4.98 Å². The molecule has 1 aromatic heterocycles. The first-order valence-electron chi connectivity index (χ1n) is 6.81. The highest BCUT2D eigenvalue weighted by Crippen LogP contribution is 2.38. The molecular weight excluding hydrogens is 270 g/mol. The molecule has 2 aromatic rings. The number of hydrogen-bond donors (Lipinski definition) is 2. The van der Waals surface area contributed by atoms with E-state index < -0.39 is 0 Å². The van der Waals surface area contributed by atoms with Crippen molar-refractivity contribution in [2.75, 3.05) is 24.7 Å². The molecule has 3 N–H and O–H groups in total. The number of rotatable bonds is 2. The molecule has 1 aliphatic rings. The Hall–Kier alpha value is -1.59. The molecule has 0 saturated heterocycles. The summed E-state index contributed by atoms with van der Waals surface area (Å²) in [6.45, 7) is 0. The third-order valence-corrected chi connectivity index (χ3v) is 4.93. The third-order valence-electron chi connectivity index (χ3n) is 3.68. The summed E-state index contributed by atoms with van der Waals surface area (Å²) in [7, 11) is 3.95. The van der Waals surface area contributed by atoms with Gasteiger partial charge in [0.05, 0.1) is 28.0 Å².